The number of carbonyl (C=O) groups excluding carboxylic acids is 1. The van der Waals surface area contributed by atoms with Crippen LogP contribution in [-0.4, -0.2) is 36.1 Å². The van der Waals surface area contributed by atoms with Crippen molar-refractivity contribution in [2.75, 3.05) is 7.11 Å². The van der Waals surface area contributed by atoms with Crippen molar-refractivity contribution in [3.63, 3.8) is 0 Å². The molecule has 4 rings (SSSR count). The summed E-state index contributed by atoms with van der Waals surface area (Å²) in [6.45, 7) is 0. The Hall–Kier alpha value is -2.12. The van der Waals surface area contributed by atoms with Crippen LogP contribution in [0.25, 0.3) is 0 Å². The Morgan fingerprint density at radius 1 is 1.33 bits per heavy atom. The minimum absolute atomic E-state index is 0.0307. The Morgan fingerprint density at radius 3 is 2.79 bits per heavy atom. The maximum atomic E-state index is 12.4. The lowest BCUT2D eigenvalue weighted by Crippen LogP contribution is -2.42. The molecule has 2 aromatic rings. The molecule has 126 valence electrons. The molecule has 2 fully saturated rings. The molecule has 2 bridgehead atoms. The number of hydrogen-bond acceptors (Lipinski definition) is 6. The van der Waals surface area contributed by atoms with Gasteiger partial charge in [-0.3, -0.25) is 4.79 Å². The minimum Gasteiger partial charge on any atom is -0.480 e. The summed E-state index contributed by atoms with van der Waals surface area (Å²) >= 11 is 1.36. The number of methoxy groups -OCH3 is 1. The molecule has 3 unspecified atom stereocenters. The average molecular weight is 345 g/mol. The maximum Gasteiger partial charge on any atom is 0.282 e. The second-order valence-electron chi connectivity index (χ2n) is 6.15. The first-order valence-corrected chi connectivity index (χ1v) is 8.93. The lowest BCUT2D eigenvalue weighted by atomic mass is 9.95. The van der Waals surface area contributed by atoms with Crippen LogP contribution >= 0.6 is 11.3 Å². The van der Waals surface area contributed by atoms with Crippen molar-refractivity contribution in [1.82, 2.24) is 15.6 Å². The summed E-state index contributed by atoms with van der Waals surface area (Å²) < 4.78 is 10.7. The Morgan fingerprint density at radius 2 is 2.17 bits per heavy atom. The molecule has 24 heavy (non-hydrogen) atoms. The molecule has 2 aliphatic heterocycles. The van der Waals surface area contributed by atoms with E-state index in [-0.39, 0.29) is 11.9 Å². The van der Waals surface area contributed by atoms with Crippen LogP contribution in [0.3, 0.4) is 0 Å². The van der Waals surface area contributed by atoms with Crippen LogP contribution in [0.15, 0.2) is 29.6 Å². The van der Waals surface area contributed by atoms with Crippen molar-refractivity contribution in [2.24, 2.45) is 0 Å². The molecule has 7 heteroatoms. The van der Waals surface area contributed by atoms with Crippen LogP contribution in [0.4, 0.5) is 0 Å². The molecule has 0 radical (unpaired) electrons. The van der Waals surface area contributed by atoms with Crippen molar-refractivity contribution in [3.8, 4) is 16.8 Å². The van der Waals surface area contributed by atoms with E-state index < -0.39 is 0 Å². The zero-order chi connectivity index (χ0) is 16.5. The molecule has 2 N–H and O–H groups in total. The van der Waals surface area contributed by atoms with Gasteiger partial charge in [0.05, 0.1) is 12.5 Å². The van der Waals surface area contributed by atoms with Crippen LogP contribution in [0, 0.1) is 0 Å². The maximum absolute atomic E-state index is 12.4. The van der Waals surface area contributed by atoms with Crippen molar-refractivity contribution < 1.29 is 14.3 Å². The molecule has 2 aliphatic rings. The number of benzene rings is 1. The number of carbonyl (C=O) groups is 1. The summed E-state index contributed by atoms with van der Waals surface area (Å²) in [6.07, 6.45) is 3.41. The van der Waals surface area contributed by atoms with E-state index in [1.807, 2.05) is 0 Å². The average Bonchev–Trinajstić information content (AvgIpc) is 3.32. The summed E-state index contributed by atoms with van der Waals surface area (Å²) in [5.74, 6) is 1.15. The highest BCUT2D eigenvalue weighted by atomic mass is 32.1. The summed E-state index contributed by atoms with van der Waals surface area (Å²) in [6, 6.07) is 8.36. The van der Waals surface area contributed by atoms with Crippen LogP contribution < -0.4 is 20.1 Å². The third-order valence-electron chi connectivity index (χ3n) is 4.61. The minimum atomic E-state index is -0.0307. The largest absolute Gasteiger partial charge is 0.480 e. The van der Waals surface area contributed by atoms with Gasteiger partial charge in [0, 0.05) is 23.7 Å². The lowest BCUT2D eigenvalue weighted by Gasteiger charge is -2.21. The fraction of sp³-hybridized carbons (Fsp3) is 0.412. The van der Waals surface area contributed by atoms with E-state index in [1.165, 1.54) is 17.8 Å². The van der Waals surface area contributed by atoms with Crippen molar-refractivity contribution in [2.45, 2.75) is 37.4 Å². The number of nitrogens with zero attached hydrogens (tertiary/aromatic N) is 1. The van der Waals surface area contributed by atoms with Crippen LogP contribution in [0.5, 0.6) is 16.8 Å². The van der Waals surface area contributed by atoms with E-state index in [2.05, 4.69) is 15.6 Å². The van der Waals surface area contributed by atoms with E-state index in [1.54, 1.807) is 36.8 Å². The normalized spacial score (nSPS) is 24.8. The second-order valence-corrected chi connectivity index (χ2v) is 6.97. The predicted molar refractivity (Wildman–Crippen MR) is 91.0 cm³/mol. The third-order valence-corrected chi connectivity index (χ3v) is 5.31. The second kappa shape index (κ2) is 6.41. The molecule has 1 amide bonds. The van der Waals surface area contributed by atoms with Crippen LogP contribution in [0.1, 0.15) is 29.6 Å². The monoisotopic (exact) mass is 345 g/mol. The fourth-order valence-electron chi connectivity index (χ4n) is 3.39. The van der Waals surface area contributed by atoms with Crippen LogP contribution in [-0.2, 0) is 0 Å². The van der Waals surface area contributed by atoms with Gasteiger partial charge in [-0.15, -0.1) is 0 Å². The molecule has 6 nitrogen and oxygen atoms in total. The number of thiazole rings is 1. The molecule has 0 aliphatic carbocycles. The van der Waals surface area contributed by atoms with Gasteiger partial charge in [0.2, 0.25) is 5.88 Å². The van der Waals surface area contributed by atoms with Crippen LogP contribution in [0.2, 0.25) is 0 Å². The van der Waals surface area contributed by atoms with E-state index in [9.17, 15) is 4.79 Å². The van der Waals surface area contributed by atoms with Gasteiger partial charge in [0.1, 0.15) is 5.75 Å². The van der Waals surface area contributed by atoms with Gasteiger partial charge < -0.3 is 20.1 Å². The zero-order valence-electron chi connectivity index (χ0n) is 13.3. The molecule has 3 atom stereocenters. The van der Waals surface area contributed by atoms with Gasteiger partial charge in [-0.2, -0.15) is 4.98 Å². The van der Waals surface area contributed by atoms with E-state index in [0.717, 1.165) is 12.8 Å². The highest BCUT2D eigenvalue weighted by Gasteiger charge is 2.39. The van der Waals surface area contributed by atoms with Crippen molar-refractivity contribution in [3.05, 3.63) is 35.2 Å². The standard InChI is InChI=1S/C17H19N3O3S/c1-22-15-9-24-17(20-15)23-12-5-2-10(3-6-12)16(21)19-14-8-11-4-7-13(14)18-11/h2-3,5-6,9,11,13-14,18H,4,7-8H2,1H3,(H,19,21). The summed E-state index contributed by atoms with van der Waals surface area (Å²) in [7, 11) is 1.57. The summed E-state index contributed by atoms with van der Waals surface area (Å²) in [5, 5.41) is 8.95. The van der Waals surface area contributed by atoms with Gasteiger partial charge in [-0.05, 0) is 43.5 Å². The first-order valence-electron chi connectivity index (χ1n) is 8.05. The van der Waals surface area contributed by atoms with E-state index >= 15 is 0 Å². The molecule has 3 heterocycles. The number of nitrogens with one attached hydrogen (secondary N) is 2. The zero-order valence-corrected chi connectivity index (χ0v) is 14.1. The number of aromatic nitrogens is 1. The predicted octanol–water partition coefficient (Wildman–Crippen LogP) is 2.57. The molecule has 1 aromatic heterocycles. The molecule has 1 aromatic carbocycles. The summed E-state index contributed by atoms with van der Waals surface area (Å²) in [5.41, 5.74) is 0.641. The quantitative estimate of drug-likeness (QED) is 0.871. The number of amides is 1. The first kappa shape index (κ1) is 15.4. The Kier molecular flexibility index (Phi) is 4.12. The highest BCUT2D eigenvalue weighted by molar-refractivity contribution is 7.11. The van der Waals surface area contributed by atoms with Gasteiger partial charge in [-0.25, -0.2) is 0 Å². The van der Waals surface area contributed by atoms with Gasteiger partial charge in [0.15, 0.2) is 0 Å². The first-order chi connectivity index (χ1) is 11.7. The Balaban J connectivity index is 1.37. The number of hydrogen-bond donors (Lipinski definition) is 2. The summed E-state index contributed by atoms with van der Waals surface area (Å²) in [4.78, 5) is 16.5. The molecule has 2 saturated heterocycles. The third kappa shape index (κ3) is 3.09. The molecule has 0 saturated carbocycles. The van der Waals surface area contributed by atoms with Gasteiger partial charge in [0.25, 0.3) is 11.1 Å². The van der Waals surface area contributed by atoms with Gasteiger partial charge in [-0.1, -0.05) is 11.3 Å². The Labute approximate surface area is 144 Å². The number of rotatable bonds is 5. The Bertz CT molecular complexity index is 731. The van der Waals surface area contributed by atoms with Crippen molar-refractivity contribution in [1.29, 1.82) is 0 Å². The van der Waals surface area contributed by atoms with Crippen molar-refractivity contribution >= 4 is 17.2 Å². The number of fused-ring (bicyclic) bond motifs is 2. The molecule has 0 spiro atoms. The fourth-order valence-corrected chi connectivity index (χ4v) is 4.03. The van der Waals surface area contributed by atoms with Gasteiger partial charge >= 0.3 is 0 Å². The smallest absolute Gasteiger partial charge is 0.282 e. The molecular weight excluding hydrogens is 326 g/mol. The lowest BCUT2D eigenvalue weighted by molar-refractivity contribution is 0.0931. The highest BCUT2D eigenvalue weighted by Crippen LogP contribution is 2.29. The topological polar surface area (TPSA) is 72.5 Å². The van der Waals surface area contributed by atoms with E-state index in [0.29, 0.717) is 34.5 Å². The SMILES string of the molecule is COc1csc(Oc2ccc(C(=O)NC3CC4CCC3N4)cc2)n1. The number of ether oxygens (including phenoxy) is 2. The van der Waals surface area contributed by atoms with E-state index in [4.69, 9.17) is 9.47 Å². The molecular formula is C17H19N3O3S.